The van der Waals surface area contributed by atoms with E-state index in [2.05, 4.69) is 18.3 Å². The average Bonchev–Trinajstić information content (AvgIpc) is 2.64. The van der Waals surface area contributed by atoms with Gasteiger partial charge < -0.3 is 14.5 Å². The van der Waals surface area contributed by atoms with Crippen LogP contribution in [0.25, 0.3) is 0 Å². The molecular formula is C12H21NO2. The third kappa shape index (κ3) is 4.06. The van der Waals surface area contributed by atoms with E-state index in [-0.39, 0.29) is 0 Å². The summed E-state index contributed by atoms with van der Waals surface area (Å²) in [6.45, 7) is 5.89. The van der Waals surface area contributed by atoms with E-state index in [1.54, 1.807) is 7.11 Å². The molecule has 3 nitrogen and oxygen atoms in total. The number of hydrogen-bond acceptors (Lipinski definition) is 3. The summed E-state index contributed by atoms with van der Waals surface area (Å²) in [4.78, 5) is 0. The first-order valence-corrected chi connectivity index (χ1v) is 5.55. The van der Waals surface area contributed by atoms with Crippen LogP contribution in [0.1, 0.15) is 37.1 Å². The summed E-state index contributed by atoms with van der Waals surface area (Å²) in [5.74, 6) is 0.972. The second-order valence-electron chi connectivity index (χ2n) is 3.74. The van der Waals surface area contributed by atoms with Crippen LogP contribution in [0.4, 0.5) is 0 Å². The summed E-state index contributed by atoms with van der Waals surface area (Å²) in [5, 5.41) is 3.46. The topological polar surface area (TPSA) is 34.4 Å². The molecule has 0 amide bonds. The van der Waals surface area contributed by atoms with E-state index in [0.717, 1.165) is 31.8 Å². The van der Waals surface area contributed by atoms with E-state index in [9.17, 15) is 0 Å². The Morgan fingerprint density at radius 1 is 1.53 bits per heavy atom. The molecule has 0 aromatic carbocycles. The molecule has 1 aromatic heterocycles. The van der Waals surface area contributed by atoms with Crippen LogP contribution in [0, 0.1) is 6.92 Å². The Hall–Kier alpha value is -0.800. The van der Waals surface area contributed by atoms with Crippen LogP contribution in [-0.2, 0) is 4.74 Å². The van der Waals surface area contributed by atoms with Crippen molar-refractivity contribution in [1.29, 1.82) is 0 Å². The Morgan fingerprint density at radius 2 is 2.33 bits per heavy atom. The van der Waals surface area contributed by atoms with Crippen LogP contribution in [0.15, 0.2) is 16.7 Å². The maximum Gasteiger partial charge on any atom is 0.101 e. The van der Waals surface area contributed by atoms with Crippen molar-refractivity contribution in [2.45, 2.75) is 32.7 Å². The molecule has 0 aliphatic rings. The maximum absolute atomic E-state index is 5.33. The molecule has 86 valence electrons. The molecule has 0 fully saturated rings. The molecule has 1 heterocycles. The van der Waals surface area contributed by atoms with Crippen LogP contribution in [-0.4, -0.2) is 20.3 Å². The van der Waals surface area contributed by atoms with Crippen LogP contribution in [0.5, 0.6) is 0 Å². The van der Waals surface area contributed by atoms with Crippen molar-refractivity contribution in [3.05, 3.63) is 23.7 Å². The van der Waals surface area contributed by atoms with Crippen LogP contribution in [0.2, 0.25) is 0 Å². The van der Waals surface area contributed by atoms with Gasteiger partial charge in [0.1, 0.15) is 5.76 Å². The third-order valence-corrected chi connectivity index (χ3v) is 2.44. The van der Waals surface area contributed by atoms with E-state index < -0.39 is 0 Å². The van der Waals surface area contributed by atoms with Crippen molar-refractivity contribution in [1.82, 2.24) is 5.32 Å². The van der Waals surface area contributed by atoms with Gasteiger partial charge in [-0.1, -0.05) is 6.92 Å². The minimum atomic E-state index is 0.391. The van der Waals surface area contributed by atoms with Crippen molar-refractivity contribution >= 4 is 0 Å². The van der Waals surface area contributed by atoms with Gasteiger partial charge in [0.2, 0.25) is 0 Å². The molecule has 0 saturated carbocycles. The van der Waals surface area contributed by atoms with Gasteiger partial charge in [-0.25, -0.2) is 0 Å². The minimum Gasteiger partial charge on any atom is -0.469 e. The lowest BCUT2D eigenvalue weighted by Crippen LogP contribution is -2.20. The van der Waals surface area contributed by atoms with E-state index in [1.807, 2.05) is 13.2 Å². The first kappa shape index (κ1) is 12.3. The smallest absolute Gasteiger partial charge is 0.101 e. The Kier molecular flexibility index (Phi) is 5.43. The van der Waals surface area contributed by atoms with Crippen molar-refractivity contribution < 1.29 is 9.15 Å². The molecule has 0 aliphatic carbocycles. The molecule has 0 radical (unpaired) electrons. The van der Waals surface area contributed by atoms with Gasteiger partial charge in [-0.3, -0.25) is 0 Å². The molecule has 0 spiro atoms. The van der Waals surface area contributed by atoms with Crippen LogP contribution in [0.3, 0.4) is 0 Å². The van der Waals surface area contributed by atoms with E-state index in [1.165, 1.54) is 5.56 Å². The lowest BCUT2D eigenvalue weighted by molar-refractivity contribution is 0.189. The number of rotatable bonds is 7. The molecule has 1 rings (SSSR count). The normalized spacial score (nSPS) is 13.0. The highest BCUT2D eigenvalue weighted by atomic mass is 16.5. The number of nitrogens with one attached hydrogen (secondary N) is 1. The van der Waals surface area contributed by atoms with Gasteiger partial charge in [-0.05, 0) is 32.4 Å². The largest absolute Gasteiger partial charge is 0.469 e. The molecule has 0 saturated heterocycles. The predicted octanol–water partition coefficient (Wildman–Crippen LogP) is 2.67. The van der Waals surface area contributed by atoms with E-state index in [0.29, 0.717) is 6.04 Å². The number of ether oxygens (including phenoxy) is 1. The summed E-state index contributed by atoms with van der Waals surface area (Å²) in [6, 6.07) is 2.49. The first-order chi connectivity index (χ1) is 7.27. The fraction of sp³-hybridized carbons (Fsp3) is 0.667. The van der Waals surface area contributed by atoms with Crippen molar-refractivity contribution in [3.63, 3.8) is 0 Å². The Labute approximate surface area is 91.8 Å². The second kappa shape index (κ2) is 6.64. The van der Waals surface area contributed by atoms with E-state index in [4.69, 9.17) is 9.15 Å². The zero-order valence-electron chi connectivity index (χ0n) is 9.88. The summed E-state index contributed by atoms with van der Waals surface area (Å²) in [5.41, 5.74) is 1.24. The quantitative estimate of drug-likeness (QED) is 0.704. The minimum absolute atomic E-state index is 0.391. The third-order valence-electron chi connectivity index (χ3n) is 2.44. The summed E-state index contributed by atoms with van der Waals surface area (Å²) >= 11 is 0. The molecule has 15 heavy (non-hydrogen) atoms. The zero-order chi connectivity index (χ0) is 11.1. The molecular weight excluding hydrogens is 190 g/mol. The van der Waals surface area contributed by atoms with Gasteiger partial charge in [0.15, 0.2) is 0 Å². The van der Waals surface area contributed by atoms with Crippen LogP contribution < -0.4 is 5.32 Å². The standard InChI is InChI=1S/C12H21NO2/c1-4-13-12(6-5-7-14-3)11-8-10(2)15-9-11/h8-9,12-13H,4-7H2,1-3H3. The van der Waals surface area contributed by atoms with Crippen LogP contribution >= 0.6 is 0 Å². The highest BCUT2D eigenvalue weighted by Gasteiger charge is 2.11. The molecule has 0 aliphatic heterocycles. The first-order valence-electron chi connectivity index (χ1n) is 5.55. The molecule has 3 heteroatoms. The predicted molar refractivity (Wildman–Crippen MR) is 61.0 cm³/mol. The number of methoxy groups -OCH3 is 1. The lowest BCUT2D eigenvalue weighted by atomic mass is 10.1. The molecule has 0 bridgehead atoms. The highest BCUT2D eigenvalue weighted by molar-refractivity contribution is 5.16. The fourth-order valence-corrected chi connectivity index (χ4v) is 1.71. The van der Waals surface area contributed by atoms with Gasteiger partial charge >= 0.3 is 0 Å². The molecule has 1 unspecified atom stereocenters. The van der Waals surface area contributed by atoms with Gasteiger partial charge in [-0.2, -0.15) is 0 Å². The van der Waals surface area contributed by atoms with Gasteiger partial charge in [0, 0.05) is 25.3 Å². The number of aryl methyl sites for hydroxylation is 1. The summed E-state index contributed by atoms with van der Waals surface area (Å²) < 4.78 is 10.4. The maximum atomic E-state index is 5.33. The summed E-state index contributed by atoms with van der Waals surface area (Å²) in [6.07, 6.45) is 3.99. The molecule has 1 atom stereocenters. The van der Waals surface area contributed by atoms with Gasteiger partial charge in [0.05, 0.1) is 6.26 Å². The number of furan rings is 1. The SMILES string of the molecule is CCNC(CCCOC)c1coc(C)c1. The molecule has 1 N–H and O–H groups in total. The van der Waals surface area contributed by atoms with Crippen molar-refractivity contribution in [2.24, 2.45) is 0 Å². The molecule has 1 aromatic rings. The second-order valence-corrected chi connectivity index (χ2v) is 3.74. The zero-order valence-corrected chi connectivity index (χ0v) is 9.88. The summed E-state index contributed by atoms with van der Waals surface area (Å²) in [7, 11) is 1.74. The Balaban J connectivity index is 2.49. The average molecular weight is 211 g/mol. The highest BCUT2D eigenvalue weighted by Crippen LogP contribution is 2.20. The number of hydrogen-bond donors (Lipinski definition) is 1. The Morgan fingerprint density at radius 3 is 2.87 bits per heavy atom. The lowest BCUT2D eigenvalue weighted by Gasteiger charge is -2.15. The van der Waals surface area contributed by atoms with Gasteiger partial charge in [-0.15, -0.1) is 0 Å². The monoisotopic (exact) mass is 211 g/mol. The fourth-order valence-electron chi connectivity index (χ4n) is 1.71. The van der Waals surface area contributed by atoms with Crippen molar-refractivity contribution in [2.75, 3.05) is 20.3 Å². The van der Waals surface area contributed by atoms with Gasteiger partial charge in [0.25, 0.3) is 0 Å². The van der Waals surface area contributed by atoms with Crippen molar-refractivity contribution in [3.8, 4) is 0 Å². The van der Waals surface area contributed by atoms with E-state index >= 15 is 0 Å². The Bertz CT molecular complexity index is 270.